The molecule has 90 valence electrons. The zero-order valence-corrected chi connectivity index (χ0v) is 10.3. The third-order valence-corrected chi connectivity index (χ3v) is 2.69. The Morgan fingerprint density at radius 2 is 2.18 bits per heavy atom. The highest BCUT2D eigenvalue weighted by molar-refractivity contribution is 6.30. The molecule has 1 heterocycles. The van der Waals surface area contributed by atoms with Gasteiger partial charge in [-0.15, -0.1) is 0 Å². The van der Waals surface area contributed by atoms with E-state index in [0.29, 0.717) is 18.2 Å². The first-order valence-corrected chi connectivity index (χ1v) is 5.72. The quantitative estimate of drug-likeness (QED) is 0.907. The molecule has 0 bridgehead atoms. The summed E-state index contributed by atoms with van der Waals surface area (Å²) in [6, 6.07) is 7.41. The van der Waals surface area contributed by atoms with Crippen LogP contribution < -0.4 is 10.5 Å². The van der Waals surface area contributed by atoms with E-state index in [1.165, 1.54) is 0 Å². The fraction of sp³-hybridized carbons (Fsp3) is 0.231. The molecule has 0 aliphatic carbocycles. The molecule has 0 atom stereocenters. The molecule has 0 saturated carbocycles. The zero-order chi connectivity index (χ0) is 12.3. The van der Waals surface area contributed by atoms with Gasteiger partial charge in [0.15, 0.2) is 0 Å². The van der Waals surface area contributed by atoms with Gasteiger partial charge >= 0.3 is 0 Å². The van der Waals surface area contributed by atoms with Gasteiger partial charge < -0.3 is 14.9 Å². The van der Waals surface area contributed by atoms with Crippen molar-refractivity contribution >= 4 is 11.6 Å². The fourth-order valence-corrected chi connectivity index (χ4v) is 1.76. The highest BCUT2D eigenvalue weighted by Gasteiger charge is 2.04. The van der Waals surface area contributed by atoms with Gasteiger partial charge in [0.2, 0.25) is 0 Å². The number of halogens is 1. The molecule has 3 nitrogen and oxygen atoms in total. The second kappa shape index (κ2) is 5.25. The van der Waals surface area contributed by atoms with Gasteiger partial charge in [0.25, 0.3) is 0 Å². The van der Waals surface area contributed by atoms with E-state index in [9.17, 15) is 0 Å². The normalized spacial score (nSPS) is 10.5. The first kappa shape index (κ1) is 12.0. The molecular formula is C13H14ClNO2. The summed E-state index contributed by atoms with van der Waals surface area (Å²) in [4.78, 5) is 0. The molecule has 0 fully saturated rings. The summed E-state index contributed by atoms with van der Waals surface area (Å²) in [5, 5.41) is 0.707. The molecule has 2 N–H and O–H groups in total. The van der Waals surface area contributed by atoms with Crippen LogP contribution in [0.4, 0.5) is 0 Å². The van der Waals surface area contributed by atoms with Crippen molar-refractivity contribution in [1.82, 2.24) is 0 Å². The number of benzene rings is 1. The maximum Gasteiger partial charge on any atom is 0.146 e. The van der Waals surface area contributed by atoms with Crippen LogP contribution in [0, 0.1) is 6.92 Å². The van der Waals surface area contributed by atoms with Gasteiger partial charge in [-0.1, -0.05) is 11.6 Å². The molecular weight excluding hydrogens is 238 g/mol. The van der Waals surface area contributed by atoms with E-state index >= 15 is 0 Å². The van der Waals surface area contributed by atoms with E-state index in [0.717, 1.165) is 22.6 Å². The van der Waals surface area contributed by atoms with Crippen LogP contribution in [0.15, 0.2) is 34.9 Å². The predicted octanol–water partition coefficient (Wildman–Crippen LogP) is 3.28. The average molecular weight is 252 g/mol. The second-order valence-corrected chi connectivity index (χ2v) is 4.26. The minimum absolute atomic E-state index is 0.391. The molecule has 2 aromatic rings. The highest BCUT2D eigenvalue weighted by atomic mass is 35.5. The molecule has 0 aliphatic rings. The second-order valence-electron chi connectivity index (χ2n) is 3.82. The van der Waals surface area contributed by atoms with Crippen molar-refractivity contribution in [3.63, 3.8) is 0 Å². The minimum Gasteiger partial charge on any atom is -0.485 e. The van der Waals surface area contributed by atoms with Gasteiger partial charge in [0, 0.05) is 17.1 Å². The molecule has 0 radical (unpaired) electrons. The van der Waals surface area contributed by atoms with Gasteiger partial charge in [-0.2, -0.15) is 0 Å². The lowest BCUT2D eigenvalue weighted by molar-refractivity contribution is 0.268. The van der Waals surface area contributed by atoms with Crippen molar-refractivity contribution in [1.29, 1.82) is 0 Å². The van der Waals surface area contributed by atoms with E-state index in [2.05, 4.69) is 0 Å². The molecule has 1 aromatic carbocycles. The number of nitrogens with two attached hydrogens (primary N) is 1. The zero-order valence-electron chi connectivity index (χ0n) is 9.57. The fourth-order valence-electron chi connectivity index (χ4n) is 1.53. The number of furan rings is 1. The standard InChI is InChI=1S/C13H14ClNO2/c1-9-4-11(14)2-3-13(9)17-8-12-5-10(6-15)7-16-12/h2-5,7H,6,8,15H2,1H3. The lowest BCUT2D eigenvalue weighted by Gasteiger charge is -2.07. The van der Waals surface area contributed by atoms with E-state index < -0.39 is 0 Å². The summed E-state index contributed by atoms with van der Waals surface area (Å²) in [7, 11) is 0. The number of hydrogen-bond donors (Lipinski definition) is 1. The molecule has 0 spiro atoms. The predicted molar refractivity (Wildman–Crippen MR) is 67.1 cm³/mol. The Kier molecular flexibility index (Phi) is 3.71. The Morgan fingerprint density at radius 3 is 2.82 bits per heavy atom. The van der Waals surface area contributed by atoms with Gasteiger partial charge in [0.1, 0.15) is 18.1 Å². The smallest absolute Gasteiger partial charge is 0.146 e. The van der Waals surface area contributed by atoms with Gasteiger partial charge in [0.05, 0.1) is 6.26 Å². The topological polar surface area (TPSA) is 48.4 Å². The molecule has 0 saturated heterocycles. The van der Waals surface area contributed by atoms with Crippen LogP contribution in [-0.2, 0) is 13.2 Å². The maximum atomic E-state index is 5.87. The van der Waals surface area contributed by atoms with E-state index in [4.69, 9.17) is 26.5 Å². The summed E-state index contributed by atoms with van der Waals surface area (Å²) in [5.74, 6) is 1.57. The van der Waals surface area contributed by atoms with Crippen molar-refractivity contribution in [3.05, 3.63) is 52.4 Å². The molecule has 0 amide bonds. The van der Waals surface area contributed by atoms with Crippen LogP contribution in [0.2, 0.25) is 5.02 Å². The lowest BCUT2D eigenvalue weighted by Crippen LogP contribution is -1.96. The average Bonchev–Trinajstić information content (AvgIpc) is 2.76. The monoisotopic (exact) mass is 251 g/mol. The number of ether oxygens (including phenoxy) is 1. The van der Waals surface area contributed by atoms with Crippen LogP contribution in [-0.4, -0.2) is 0 Å². The third kappa shape index (κ3) is 3.02. The molecule has 1 aromatic heterocycles. The minimum atomic E-state index is 0.391. The molecule has 4 heteroatoms. The number of aryl methyl sites for hydroxylation is 1. The number of rotatable bonds is 4. The van der Waals surface area contributed by atoms with Gasteiger partial charge in [-0.05, 0) is 36.8 Å². The van der Waals surface area contributed by atoms with Crippen molar-refractivity contribution in [2.24, 2.45) is 5.73 Å². The summed E-state index contributed by atoms with van der Waals surface area (Å²) in [5.41, 5.74) is 7.47. The lowest BCUT2D eigenvalue weighted by atomic mass is 10.2. The summed E-state index contributed by atoms with van der Waals surface area (Å²) in [6.45, 7) is 2.82. The van der Waals surface area contributed by atoms with Gasteiger partial charge in [-0.25, -0.2) is 0 Å². The Balaban J connectivity index is 2.02. The van der Waals surface area contributed by atoms with Crippen molar-refractivity contribution < 1.29 is 9.15 Å². The Labute approximate surface area is 105 Å². The van der Waals surface area contributed by atoms with Crippen LogP contribution in [0.1, 0.15) is 16.9 Å². The van der Waals surface area contributed by atoms with Crippen molar-refractivity contribution in [2.75, 3.05) is 0 Å². The van der Waals surface area contributed by atoms with Gasteiger partial charge in [-0.3, -0.25) is 0 Å². The first-order chi connectivity index (χ1) is 8.19. The largest absolute Gasteiger partial charge is 0.485 e. The highest BCUT2D eigenvalue weighted by Crippen LogP contribution is 2.23. The summed E-state index contributed by atoms with van der Waals surface area (Å²) in [6.07, 6.45) is 1.65. The Morgan fingerprint density at radius 1 is 1.35 bits per heavy atom. The SMILES string of the molecule is Cc1cc(Cl)ccc1OCc1cc(CN)co1. The van der Waals surface area contributed by atoms with Crippen LogP contribution >= 0.6 is 11.6 Å². The van der Waals surface area contributed by atoms with E-state index in [-0.39, 0.29) is 0 Å². The molecule has 2 rings (SSSR count). The first-order valence-electron chi connectivity index (χ1n) is 5.34. The number of hydrogen-bond acceptors (Lipinski definition) is 3. The van der Waals surface area contributed by atoms with E-state index in [1.807, 2.05) is 25.1 Å². The Hall–Kier alpha value is -1.45. The van der Waals surface area contributed by atoms with E-state index in [1.54, 1.807) is 12.3 Å². The third-order valence-electron chi connectivity index (χ3n) is 2.45. The molecule has 0 unspecified atom stereocenters. The maximum absolute atomic E-state index is 5.87. The Bertz CT molecular complexity index is 508. The summed E-state index contributed by atoms with van der Waals surface area (Å²) >= 11 is 5.87. The van der Waals surface area contributed by atoms with Crippen LogP contribution in [0.25, 0.3) is 0 Å². The van der Waals surface area contributed by atoms with Crippen molar-refractivity contribution in [2.45, 2.75) is 20.1 Å². The van der Waals surface area contributed by atoms with Crippen LogP contribution in [0.3, 0.4) is 0 Å². The molecule has 17 heavy (non-hydrogen) atoms. The summed E-state index contributed by atoms with van der Waals surface area (Å²) < 4.78 is 11.0. The molecule has 0 aliphatic heterocycles. The van der Waals surface area contributed by atoms with Crippen LogP contribution in [0.5, 0.6) is 5.75 Å². The van der Waals surface area contributed by atoms with Crippen molar-refractivity contribution in [3.8, 4) is 5.75 Å².